The standard InChI is InChI=1S/2C14H21NO5.C12H13NO3.C9H11NO3.C4H8O3/c1-15(9-13(18-3)19-4)10-6-7-11(14(16)20-5)12(8-10)17-2;1-9(14(19-4)20-5)15-10-6-7-11(13(16)18-3)12(8-10)17-2;1-13-5-4-8-6-9(12(14)16-3)11(15-2)7-10(8)13;1-12-8-5-6(10)3-4-7(8)9(11)13-2;1-6-4(3-5)7-2/h6-8,13H,9H2,1-5H3;6-9,14-15H,1-5H3;4-7H,1-3H3;3-5H,10H2,1-2H3;3-4H,1-2H3. The second-order valence-electron chi connectivity index (χ2n) is 15.3. The number of aldehydes is 1. The maximum absolute atomic E-state index is 11.6. The Morgan fingerprint density at radius 2 is 1.01 bits per heavy atom. The Bertz CT molecular complexity index is 2560. The van der Waals surface area contributed by atoms with Crippen LogP contribution in [0.25, 0.3) is 10.9 Å². The molecular weight excluding hydrogens is 997 g/mol. The molecule has 0 bridgehead atoms. The quantitative estimate of drug-likeness (QED) is 0.0269. The normalized spacial score (nSPS) is 10.6. The van der Waals surface area contributed by atoms with E-state index in [2.05, 4.69) is 19.5 Å². The lowest BCUT2D eigenvalue weighted by atomic mass is 10.1. The Morgan fingerprint density at radius 3 is 1.45 bits per heavy atom. The third-order valence-electron chi connectivity index (χ3n) is 10.7. The zero-order valence-corrected chi connectivity index (χ0v) is 46.3. The summed E-state index contributed by atoms with van der Waals surface area (Å²) in [6, 6.07) is 20.7. The van der Waals surface area contributed by atoms with Crippen molar-refractivity contribution < 1.29 is 90.3 Å². The first kappa shape index (κ1) is 66.3. The summed E-state index contributed by atoms with van der Waals surface area (Å²) in [7, 11) is 24.4. The van der Waals surface area contributed by atoms with E-state index < -0.39 is 24.2 Å². The van der Waals surface area contributed by atoms with E-state index in [1.54, 1.807) is 83.0 Å². The van der Waals surface area contributed by atoms with Gasteiger partial charge in [0.2, 0.25) is 6.29 Å². The molecule has 0 aliphatic heterocycles. The number of likely N-dealkylation sites (N-methyl/N-ethyl adjacent to an activating group) is 1. The number of aryl methyl sites for hydroxylation is 1. The number of carbonyl (C=O) groups excluding carboxylic acids is 5. The summed E-state index contributed by atoms with van der Waals surface area (Å²) in [5.41, 5.74) is 10.3. The molecule has 4 aromatic carbocycles. The summed E-state index contributed by atoms with van der Waals surface area (Å²) in [6.07, 6.45) is 1.12. The fourth-order valence-corrected chi connectivity index (χ4v) is 6.59. The monoisotopic (exact) mass is 1070 g/mol. The fourth-order valence-electron chi connectivity index (χ4n) is 6.59. The van der Waals surface area contributed by atoms with Crippen molar-refractivity contribution in [3.8, 4) is 23.0 Å². The lowest BCUT2D eigenvalue weighted by Gasteiger charge is -2.24. The highest BCUT2D eigenvalue weighted by atomic mass is 16.7. The van der Waals surface area contributed by atoms with Crippen molar-refractivity contribution in [2.75, 3.05) is 129 Å². The first-order valence-electron chi connectivity index (χ1n) is 22.7. The third-order valence-corrected chi connectivity index (χ3v) is 10.7. The average Bonchev–Trinajstić information content (AvgIpc) is 3.82. The minimum Gasteiger partial charge on any atom is -0.496 e. The molecule has 5 rings (SSSR count). The number of nitrogen functional groups attached to an aromatic ring is 1. The van der Waals surface area contributed by atoms with Crippen LogP contribution in [0.1, 0.15) is 48.4 Å². The van der Waals surface area contributed by atoms with E-state index in [1.165, 1.54) is 71.1 Å². The molecule has 0 spiro atoms. The minimum atomic E-state index is -0.694. The number of nitrogens with two attached hydrogens (primary N) is 1. The molecule has 0 radical (unpaired) electrons. The molecule has 1 atom stereocenters. The second-order valence-corrected chi connectivity index (χ2v) is 15.3. The van der Waals surface area contributed by atoms with Gasteiger partial charge in [0, 0.05) is 110 Å². The van der Waals surface area contributed by atoms with Crippen LogP contribution in [-0.2, 0) is 59.2 Å². The Hall–Kier alpha value is -7.67. The van der Waals surface area contributed by atoms with Crippen LogP contribution in [0.2, 0.25) is 0 Å². The van der Waals surface area contributed by atoms with Gasteiger partial charge in [-0.25, -0.2) is 19.2 Å². The van der Waals surface area contributed by atoms with Crippen molar-refractivity contribution in [1.29, 1.82) is 0 Å². The molecule has 76 heavy (non-hydrogen) atoms. The van der Waals surface area contributed by atoms with Crippen molar-refractivity contribution >= 4 is 58.1 Å². The molecule has 0 aliphatic rings. The van der Waals surface area contributed by atoms with Gasteiger partial charge in [0.15, 0.2) is 18.9 Å². The van der Waals surface area contributed by atoms with Crippen LogP contribution in [-0.4, -0.2) is 173 Å². The number of anilines is 3. The predicted octanol–water partition coefficient (Wildman–Crippen LogP) is 6.28. The number of nitrogens with zero attached hydrogens (tertiary/aromatic N) is 2. The molecule has 0 aliphatic carbocycles. The Balaban J connectivity index is 0.000000491. The van der Waals surface area contributed by atoms with E-state index >= 15 is 0 Å². The number of fused-ring (bicyclic) bond motifs is 1. The van der Waals surface area contributed by atoms with Gasteiger partial charge < -0.3 is 86.8 Å². The number of esters is 4. The Morgan fingerprint density at radius 1 is 0.566 bits per heavy atom. The fraction of sp³-hybridized carbons (Fsp3) is 0.415. The molecule has 1 heterocycles. The highest BCUT2D eigenvalue weighted by Crippen LogP contribution is 2.29. The molecular formula is C53H74N4O19. The summed E-state index contributed by atoms with van der Waals surface area (Å²) in [5, 5.41) is 4.21. The second kappa shape index (κ2) is 35.5. The lowest BCUT2D eigenvalue weighted by Crippen LogP contribution is -2.33. The average molecular weight is 1070 g/mol. The number of nitrogens with one attached hydrogen (secondary N) is 1. The van der Waals surface area contributed by atoms with Gasteiger partial charge in [-0.15, -0.1) is 0 Å². The number of hydrogen-bond donors (Lipinski definition) is 2. The van der Waals surface area contributed by atoms with Crippen molar-refractivity contribution in [1.82, 2.24) is 4.57 Å². The van der Waals surface area contributed by atoms with Gasteiger partial charge in [0.1, 0.15) is 45.3 Å². The number of carbonyl (C=O) groups is 5. The number of ether oxygens (including phenoxy) is 14. The van der Waals surface area contributed by atoms with Gasteiger partial charge in [-0.05, 0) is 55.5 Å². The highest BCUT2D eigenvalue weighted by Gasteiger charge is 2.20. The van der Waals surface area contributed by atoms with E-state index in [4.69, 9.17) is 57.8 Å². The van der Waals surface area contributed by atoms with E-state index in [1.807, 2.05) is 54.9 Å². The molecule has 1 aromatic heterocycles. The van der Waals surface area contributed by atoms with Crippen molar-refractivity contribution in [2.45, 2.75) is 31.8 Å². The molecule has 1 unspecified atom stereocenters. The molecule has 0 saturated heterocycles. The van der Waals surface area contributed by atoms with Crippen LogP contribution < -0.4 is 34.9 Å². The molecule has 0 fully saturated rings. The van der Waals surface area contributed by atoms with E-state index in [0.29, 0.717) is 63.8 Å². The van der Waals surface area contributed by atoms with Crippen LogP contribution in [0.5, 0.6) is 23.0 Å². The van der Waals surface area contributed by atoms with Gasteiger partial charge in [-0.1, -0.05) is 0 Å². The topological polar surface area (TPSA) is 261 Å². The van der Waals surface area contributed by atoms with Crippen LogP contribution >= 0.6 is 0 Å². The van der Waals surface area contributed by atoms with Gasteiger partial charge in [0.25, 0.3) is 0 Å². The summed E-state index contributed by atoms with van der Waals surface area (Å²) >= 11 is 0. The van der Waals surface area contributed by atoms with Crippen molar-refractivity contribution in [3.05, 3.63) is 101 Å². The van der Waals surface area contributed by atoms with E-state index in [9.17, 15) is 24.0 Å². The Kier molecular flexibility index (Phi) is 31.0. The largest absolute Gasteiger partial charge is 0.496 e. The summed E-state index contributed by atoms with van der Waals surface area (Å²) in [6.45, 7) is 2.48. The number of benzene rings is 4. The summed E-state index contributed by atoms with van der Waals surface area (Å²) in [5.74, 6) is 0.177. The SMILES string of the molecule is COC(=O)c1cc2ccn(C)c2cc1OC.COC(=O)c1ccc(N(C)CC(OC)OC)cc1OC.COC(=O)c1ccc(N)cc1OC.COC(=O)c1ccc(NC(C)C(OC)OC)cc1OC.COC(C=O)OC. The van der Waals surface area contributed by atoms with Gasteiger partial charge in [-0.3, -0.25) is 4.79 Å². The maximum atomic E-state index is 11.6. The summed E-state index contributed by atoms with van der Waals surface area (Å²) in [4.78, 5) is 57.5. The van der Waals surface area contributed by atoms with Crippen molar-refractivity contribution in [2.24, 2.45) is 7.05 Å². The maximum Gasteiger partial charge on any atom is 0.341 e. The van der Waals surface area contributed by atoms with Crippen molar-refractivity contribution in [3.63, 3.8) is 0 Å². The molecule has 0 amide bonds. The molecule has 0 saturated carbocycles. The van der Waals surface area contributed by atoms with E-state index in [-0.39, 0.29) is 24.6 Å². The molecule has 420 valence electrons. The van der Waals surface area contributed by atoms with Gasteiger partial charge in [0.05, 0.1) is 75.0 Å². The van der Waals surface area contributed by atoms with Crippen LogP contribution in [0.15, 0.2) is 79.0 Å². The smallest absolute Gasteiger partial charge is 0.341 e. The van der Waals surface area contributed by atoms with Gasteiger partial charge >= 0.3 is 23.9 Å². The molecule has 3 N–H and O–H groups in total. The molecule has 23 heteroatoms. The zero-order chi connectivity index (χ0) is 57.5. The number of hydrogen-bond acceptors (Lipinski definition) is 22. The summed E-state index contributed by atoms with van der Waals surface area (Å²) < 4.78 is 70.8. The third kappa shape index (κ3) is 20.2. The number of rotatable bonds is 21. The first-order chi connectivity index (χ1) is 36.3. The zero-order valence-electron chi connectivity index (χ0n) is 46.3. The van der Waals surface area contributed by atoms with Crippen LogP contribution in [0.3, 0.4) is 0 Å². The van der Waals surface area contributed by atoms with Gasteiger partial charge in [-0.2, -0.15) is 0 Å². The minimum absolute atomic E-state index is 0.0707. The van der Waals surface area contributed by atoms with Crippen LogP contribution in [0.4, 0.5) is 17.1 Å². The molecule has 23 nitrogen and oxygen atoms in total. The van der Waals surface area contributed by atoms with Crippen LogP contribution in [0, 0.1) is 0 Å². The molecule has 5 aromatic rings. The van der Waals surface area contributed by atoms with E-state index in [0.717, 1.165) is 22.3 Å². The number of aromatic nitrogens is 1. The Labute approximate surface area is 444 Å². The highest BCUT2D eigenvalue weighted by molar-refractivity contribution is 5.98. The number of methoxy groups -OCH3 is 14. The first-order valence-corrected chi connectivity index (χ1v) is 22.7. The predicted molar refractivity (Wildman–Crippen MR) is 284 cm³/mol. The lowest BCUT2D eigenvalue weighted by molar-refractivity contribution is -0.143.